The number of hydrogen-bond donors (Lipinski definition) is 2. The Morgan fingerprint density at radius 2 is 1.78 bits per heavy atom. The molecule has 4 rings (SSSR count). The van der Waals surface area contributed by atoms with Crippen molar-refractivity contribution in [2.75, 3.05) is 5.75 Å². The average Bonchev–Trinajstić information content (AvgIpc) is 3.05. The first-order valence-corrected chi connectivity index (χ1v) is 9.36. The van der Waals surface area contributed by atoms with Crippen molar-refractivity contribution in [1.29, 1.82) is 0 Å². The smallest absolute Gasteiger partial charge is 0.306 e. The summed E-state index contributed by atoms with van der Waals surface area (Å²) in [5.41, 5.74) is 3.43. The zero-order valence-electron chi connectivity index (χ0n) is 14.5. The summed E-state index contributed by atoms with van der Waals surface area (Å²) < 4.78 is 0. The van der Waals surface area contributed by atoms with E-state index in [1.54, 1.807) is 18.2 Å². The van der Waals surface area contributed by atoms with Crippen molar-refractivity contribution in [3.63, 3.8) is 0 Å². The Hall–Kier alpha value is -3.19. The molecule has 6 nitrogen and oxygen atoms in total. The first-order chi connectivity index (χ1) is 13.1. The number of ketones is 1. The third-order valence-corrected chi connectivity index (χ3v) is 4.98. The maximum atomic E-state index is 12.5. The van der Waals surface area contributed by atoms with Crippen LogP contribution in [0.5, 0.6) is 0 Å². The van der Waals surface area contributed by atoms with Gasteiger partial charge in [-0.2, -0.15) is 0 Å². The summed E-state index contributed by atoms with van der Waals surface area (Å²) in [6, 6.07) is 16.9. The van der Waals surface area contributed by atoms with E-state index in [-0.39, 0.29) is 17.2 Å². The number of imidazole rings is 1. The summed E-state index contributed by atoms with van der Waals surface area (Å²) in [7, 11) is 0. The van der Waals surface area contributed by atoms with Crippen LogP contribution in [0.1, 0.15) is 16.2 Å². The molecule has 2 N–H and O–H groups in total. The monoisotopic (exact) mass is 376 g/mol. The molecule has 2 aromatic heterocycles. The van der Waals surface area contributed by atoms with Crippen LogP contribution in [0.15, 0.2) is 64.4 Å². The SMILES string of the molecule is Cc1nc(SCC(=O)c2ccc3[nH]c(=O)[nH]c3c2)cc(-c2ccccc2)n1. The molecule has 0 aliphatic rings. The van der Waals surface area contributed by atoms with Crippen LogP contribution in [0.25, 0.3) is 22.3 Å². The van der Waals surface area contributed by atoms with E-state index in [0.29, 0.717) is 22.4 Å². The van der Waals surface area contributed by atoms with Gasteiger partial charge in [-0.3, -0.25) is 4.79 Å². The van der Waals surface area contributed by atoms with E-state index < -0.39 is 0 Å². The molecule has 0 aliphatic carbocycles. The number of fused-ring (bicyclic) bond motifs is 1. The third kappa shape index (κ3) is 3.83. The molecular weight excluding hydrogens is 360 g/mol. The lowest BCUT2D eigenvalue weighted by Gasteiger charge is -2.06. The van der Waals surface area contributed by atoms with E-state index in [9.17, 15) is 9.59 Å². The fourth-order valence-electron chi connectivity index (χ4n) is 2.80. The average molecular weight is 376 g/mol. The molecule has 0 fully saturated rings. The number of aromatic amines is 2. The Kier molecular flexibility index (Phi) is 4.60. The van der Waals surface area contributed by atoms with Gasteiger partial charge in [-0.25, -0.2) is 14.8 Å². The molecule has 0 saturated heterocycles. The summed E-state index contributed by atoms with van der Waals surface area (Å²) in [6.45, 7) is 1.84. The van der Waals surface area contributed by atoms with Crippen molar-refractivity contribution in [2.24, 2.45) is 0 Å². The Balaban J connectivity index is 1.53. The molecule has 0 bridgehead atoms. The second-order valence-electron chi connectivity index (χ2n) is 6.06. The fraction of sp³-hybridized carbons (Fsp3) is 0.100. The van der Waals surface area contributed by atoms with E-state index in [1.807, 2.05) is 43.3 Å². The first kappa shape index (κ1) is 17.2. The number of thioether (sulfide) groups is 1. The lowest BCUT2D eigenvalue weighted by atomic mass is 10.1. The minimum Gasteiger partial charge on any atom is -0.306 e. The Bertz CT molecular complexity index is 1180. The minimum atomic E-state index is -0.283. The van der Waals surface area contributed by atoms with Crippen molar-refractivity contribution in [3.8, 4) is 11.3 Å². The lowest BCUT2D eigenvalue weighted by Crippen LogP contribution is -2.03. The van der Waals surface area contributed by atoms with Crippen molar-refractivity contribution in [2.45, 2.75) is 11.9 Å². The van der Waals surface area contributed by atoms with Crippen LogP contribution >= 0.6 is 11.8 Å². The molecule has 0 saturated carbocycles. The summed E-state index contributed by atoms with van der Waals surface area (Å²) >= 11 is 1.38. The number of benzene rings is 2. The number of hydrogen-bond acceptors (Lipinski definition) is 5. The second kappa shape index (κ2) is 7.20. The normalized spacial score (nSPS) is 11.0. The number of nitrogens with zero attached hydrogens (tertiary/aromatic N) is 2. The van der Waals surface area contributed by atoms with E-state index in [0.717, 1.165) is 16.3 Å². The lowest BCUT2D eigenvalue weighted by molar-refractivity contribution is 0.102. The van der Waals surface area contributed by atoms with E-state index in [2.05, 4.69) is 19.9 Å². The van der Waals surface area contributed by atoms with Crippen LogP contribution in [-0.2, 0) is 0 Å². The van der Waals surface area contributed by atoms with Crippen LogP contribution in [0.3, 0.4) is 0 Å². The van der Waals surface area contributed by atoms with Crippen LogP contribution in [-0.4, -0.2) is 31.5 Å². The van der Waals surface area contributed by atoms with Crippen LogP contribution in [0.2, 0.25) is 0 Å². The molecule has 27 heavy (non-hydrogen) atoms. The minimum absolute atomic E-state index is 0.0264. The van der Waals surface area contributed by atoms with Crippen molar-refractivity contribution < 1.29 is 4.79 Å². The van der Waals surface area contributed by atoms with Gasteiger partial charge in [-0.05, 0) is 31.2 Å². The van der Waals surface area contributed by atoms with Gasteiger partial charge in [-0.15, -0.1) is 0 Å². The maximum absolute atomic E-state index is 12.5. The number of Topliss-reactive ketones (excluding diaryl/α,β-unsaturated/α-hetero) is 1. The fourth-order valence-corrected chi connectivity index (χ4v) is 3.64. The van der Waals surface area contributed by atoms with Crippen molar-refractivity contribution >= 4 is 28.6 Å². The molecule has 4 aromatic rings. The van der Waals surface area contributed by atoms with E-state index >= 15 is 0 Å². The predicted octanol–water partition coefficient (Wildman–Crippen LogP) is 3.60. The highest BCUT2D eigenvalue weighted by Crippen LogP contribution is 2.24. The quantitative estimate of drug-likeness (QED) is 0.315. The van der Waals surface area contributed by atoms with Crippen molar-refractivity contribution in [1.82, 2.24) is 19.9 Å². The van der Waals surface area contributed by atoms with Gasteiger partial charge in [-0.1, -0.05) is 42.1 Å². The number of nitrogens with one attached hydrogen (secondary N) is 2. The number of H-pyrrole nitrogens is 2. The summed E-state index contributed by atoms with van der Waals surface area (Å²) in [6.07, 6.45) is 0. The first-order valence-electron chi connectivity index (χ1n) is 8.38. The zero-order chi connectivity index (χ0) is 18.8. The Morgan fingerprint density at radius 3 is 2.59 bits per heavy atom. The molecule has 0 amide bonds. The molecular formula is C20H16N4O2S. The molecule has 7 heteroatoms. The topological polar surface area (TPSA) is 91.5 Å². The molecule has 0 spiro atoms. The summed E-state index contributed by atoms with van der Waals surface area (Å²) in [4.78, 5) is 38.1. The predicted molar refractivity (Wildman–Crippen MR) is 106 cm³/mol. The van der Waals surface area contributed by atoms with Crippen LogP contribution in [0.4, 0.5) is 0 Å². The molecule has 0 radical (unpaired) electrons. The van der Waals surface area contributed by atoms with E-state index in [1.165, 1.54) is 11.8 Å². The van der Waals surface area contributed by atoms with Gasteiger partial charge in [0, 0.05) is 11.1 Å². The number of carbonyl (C=O) groups is 1. The van der Waals surface area contributed by atoms with Gasteiger partial charge in [0.15, 0.2) is 5.78 Å². The highest BCUT2D eigenvalue weighted by atomic mass is 32.2. The van der Waals surface area contributed by atoms with Gasteiger partial charge in [0.1, 0.15) is 10.9 Å². The van der Waals surface area contributed by atoms with E-state index in [4.69, 9.17) is 0 Å². The number of rotatable bonds is 5. The number of carbonyl (C=O) groups excluding carboxylic acids is 1. The number of aromatic nitrogens is 4. The van der Waals surface area contributed by atoms with Crippen LogP contribution in [0, 0.1) is 6.92 Å². The molecule has 0 unspecified atom stereocenters. The molecule has 0 atom stereocenters. The van der Waals surface area contributed by atoms with Gasteiger partial charge in [0.2, 0.25) is 0 Å². The molecule has 2 aromatic carbocycles. The molecule has 2 heterocycles. The third-order valence-electron chi connectivity index (χ3n) is 4.07. The highest BCUT2D eigenvalue weighted by molar-refractivity contribution is 7.99. The number of aryl methyl sites for hydroxylation is 1. The van der Waals surface area contributed by atoms with Crippen LogP contribution < -0.4 is 5.69 Å². The van der Waals surface area contributed by atoms with Crippen molar-refractivity contribution in [3.05, 3.63) is 76.5 Å². The molecule has 0 aliphatic heterocycles. The van der Waals surface area contributed by atoms with Gasteiger partial charge >= 0.3 is 5.69 Å². The Morgan fingerprint density at radius 1 is 1.00 bits per heavy atom. The summed E-state index contributed by atoms with van der Waals surface area (Å²) in [5, 5.41) is 0.755. The zero-order valence-corrected chi connectivity index (χ0v) is 15.3. The highest BCUT2D eigenvalue weighted by Gasteiger charge is 2.11. The maximum Gasteiger partial charge on any atom is 0.323 e. The Labute approximate surface area is 159 Å². The van der Waals surface area contributed by atoms with Gasteiger partial charge in [0.05, 0.1) is 22.5 Å². The van der Waals surface area contributed by atoms with Gasteiger partial charge in [0.25, 0.3) is 0 Å². The second-order valence-corrected chi connectivity index (χ2v) is 7.05. The summed E-state index contributed by atoms with van der Waals surface area (Å²) in [5.74, 6) is 0.893. The largest absolute Gasteiger partial charge is 0.323 e. The van der Waals surface area contributed by atoms with Gasteiger partial charge < -0.3 is 9.97 Å². The molecule has 134 valence electrons. The standard InChI is InChI=1S/C20H16N4O2S/c1-12-21-16(13-5-3-2-4-6-13)10-19(22-12)27-11-18(25)14-7-8-15-17(9-14)24-20(26)23-15/h2-10H,11H2,1H3,(H2,23,24,26).